The zero-order chi connectivity index (χ0) is 19.0. The van der Waals surface area contributed by atoms with Crippen LogP contribution in [-0.4, -0.2) is 54.8 Å². The van der Waals surface area contributed by atoms with Crippen molar-refractivity contribution in [2.45, 2.75) is 38.8 Å². The van der Waals surface area contributed by atoms with Gasteiger partial charge in [0, 0.05) is 19.3 Å². The van der Waals surface area contributed by atoms with Crippen LogP contribution in [0.4, 0.5) is 13.2 Å². The van der Waals surface area contributed by atoms with E-state index in [4.69, 9.17) is 0 Å². The van der Waals surface area contributed by atoms with Crippen molar-refractivity contribution in [1.29, 1.82) is 0 Å². The van der Waals surface area contributed by atoms with Gasteiger partial charge in [-0.25, -0.2) is 4.98 Å². The van der Waals surface area contributed by atoms with E-state index < -0.39 is 18.7 Å². The zero-order valence-electron chi connectivity index (χ0n) is 15.0. The average Bonchev–Trinajstić information content (AvgIpc) is 2.59. The molecule has 0 aliphatic carbocycles. The first-order valence-corrected chi connectivity index (χ1v) is 9.00. The molecule has 5 nitrogen and oxygen atoms in total. The molecule has 0 radical (unpaired) electrons. The summed E-state index contributed by atoms with van der Waals surface area (Å²) in [5.74, 6) is -0.0318. The monoisotopic (exact) mass is 373 g/mol. The normalized spacial score (nSPS) is 18.5. The molecule has 1 N–H and O–H groups in total. The van der Waals surface area contributed by atoms with Gasteiger partial charge in [0.25, 0.3) is 5.91 Å². The van der Waals surface area contributed by atoms with Gasteiger partial charge in [-0.2, -0.15) is 13.2 Å². The molecule has 146 valence electrons. The SMILES string of the molecule is C[C@H]1CCCN(CCCCNC(=O)c2cccnc2OCC(F)(F)F)C1. The lowest BCUT2D eigenvalue weighted by atomic mass is 10.0. The minimum atomic E-state index is -4.47. The second-order valence-corrected chi connectivity index (χ2v) is 6.77. The van der Waals surface area contributed by atoms with Gasteiger partial charge in [-0.15, -0.1) is 0 Å². The van der Waals surface area contributed by atoms with E-state index in [1.807, 2.05) is 0 Å². The van der Waals surface area contributed by atoms with Crippen molar-refractivity contribution in [1.82, 2.24) is 15.2 Å². The van der Waals surface area contributed by atoms with Crippen LogP contribution in [0.15, 0.2) is 18.3 Å². The fourth-order valence-corrected chi connectivity index (χ4v) is 3.08. The number of pyridine rings is 1. The smallest absolute Gasteiger partial charge is 0.422 e. The maximum absolute atomic E-state index is 12.3. The van der Waals surface area contributed by atoms with Gasteiger partial charge in [-0.3, -0.25) is 4.79 Å². The number of carbonyl (C=O) groups is 1. The Morgan fingerprint density at radius 2 is 2.23 bits per heavy atom. The molecule has 1 aromatic rings. The highest BCUT2D eigenvalue weighted by atomic mass is 19.4. The Morgan fingerprint density at radius 1 is 1.42 bits per heavy atom. The Bertz CT molecular complexity index is 581. The first kappa shape index (κ1) is 20.5. The Labute approximate surface area is 151 Å². The Balaban J connectivity index is 1.72. The van der Waals surface area contributed by atoms with E-state index in [2.05, 4.69) is 26.9 Å². The molecule has 0 spiro atoms. The maximum Gasteiger partial charge on any atom is 0.422 e. The van der Waals surface area contributed by atoms with Crippen molar-refractivity contribution < 1.29 is 22.7 Å². The highest BCUT2D eigenvalue weighted by Crippen LogP contribution is 2.20. The molecule has 0 unspecified atom stereocenters. The number of aromatic nitrogens is 1. The number of amides is 1. The van der Waals surface area contributed by atoms with Gasteiger partial charge in [0.05, 0.1) is 0 Å². The van der Waals surface area contributed by atoms with E-state index in [1.54, 1.807) is 0 Å². The van der Waals surface area contributed by atoms with Gasteiger partial charge in [-0.05, 0) is 56.8 Å². The van der Waals surface area contributed by atoms with Crippen LogP contribution < -0.4 is 10.1 Å². The van der Waals surface area contributed by atoms with Gasteiger partial charge in [-0.1, -0.05) is 6.92 Å². The third-order valence-corrected chi connectivity index (χ3v) is 4.32. The van der Waals surface area contributed by atoms with Crippen molar-refractivity contribution in [2.24, 2.45) is 5.92 Å². The topological polar surface area (TPSA) is 54.5 Å². The Hall–Kier alpha value is -1.83. The second kappa shape index (κ2) is 9.75. The van der Waals surface area contributed by atoms with Gasteiger partial charge in [0.15, 0.2) is 6.61 Å². The fourth-order valence-electron chi connectivity index (χ4n) is 3.08. The number of likely N-dealkylation sites (tertiary alicyclic amines) is 1. The second-order valence-electron chi connectivity index (χ2n) is 6.77. The summed E-state index contributed by atoms with van der Waals surface area (Å²) in [5, 5.41) is 2.72. The number of hydrogen-bond donors (Lipinski definition) is 1. The van der Waals surface area contributed by atoms with E-state index in [9.17, 15) is 18.0 Å². The first-order valence-electron chi connectivity index (χ1n) is 9.00. The summed E-state index contributed by atoms with van der Waals surface area (Å²) in [6.45, 7) is 4.52. The number of rotatable bonds is 8. The molecular formula is C18H26F3N3O2. The van der Waals surface area contributed by atoms with E-state index in [0.29, 0.717) is 6.54 Å². The Kier molecular flexibility index (Phi) is 7.68. The van der Waals surface area contributed by atoms with Crippen LogP contribution in [0, 0.1) is 5.92 Å². The van der Waals surface area contributed by atoms with Crippen LogP contribution in [-0.2, 0) is 0 Å². The molecule has 1 aliphatic rings. The molecule has 26 heavy (non-hydrogen) atoms. The van der Waals surface area contributed by atoms with Crippen LogP contribution in [0.25, 0.3) is 0 Å². The third kappa shape index (κ3) is 7.19. The van der Waals surface area contributed by atoms with Crippen LogP contribution in [0.3, 0.4) is 0 Å². The van der Waals surface area contributed by atoms with Crippen LogP contribution in [0.5, 0.6) is 5.88 Å². The minimum Gasteiger partial charge on any atom is -0.467 e. The lowest BCUT2D eigenvalue weighted by Gasteiger charge is -2.30. The molecule has 1 atom stereocenters. The van der Waals surface area contributed by atoms with E-state index in [1.165, 1.54) is 31.2 Å². The van der Waals surface area contributed by atoms with Crippen molar-refractivity contribution in [3.63, 3.8) is 0 Å². The van der Waals surface area contributed by atoms with E-state index >= 15 is 0 Å². The first-order chi connectivity index (χ1) is 12.3. The molecule has 1 aliphatic heterocycles. The molecule has 1 saturated heterocycles. The standard InChI is InChI=1S/C18H26F3N3O2/c1-14-6-5-11-24(12-14)10-3-2-8-22-16(25)15-7-4-9-23-17(15)26-13-18(19,20)21/h4,7,9,14H,2-3,5-6,8,10-13H2,1H3,(H,22,25)/t14-/m0/s1. The van der Waals surface area contributed by atoms with Crippen molar-refractivity contribution in [3.8, 4) is 5.88 Å². The van der Waals surface area contributed by atoms with Gasteiger partial charge in [0.2, 0.25) is 5.88 Å². The van der Waals surface area contributed by atoms with E-state index in [0.717, 1.165) is 38.4 Å². The number of alkyl halides is 3. The maximum atomic E-state index is 12.3. The molecule has 1 aromatic heterocycles. The lowest BCUT2D eigenvalue weighted by Crippen LogP contribution is -2.35. The average molecular weight is 373 g/mol. The summed E-state index contributed by atoms with van der Waals surface area (Å²) in [4.78, 5) is 18.3. The van der Waals surface area contributed by atoms with E-state index in [-0.39, 0.29) is 11.4 Å². The van der Waals surface area contributed by atoms with Crippen LogP contribution in [0.2, 0.25) is 0 Å². The highest BCUT2D eigenvalue weighted by Gasteiger charge is 2.29. The molecule has 1 amide bonds. The number of carbonyl (C=O) groups excluding carboxylic acids is 1. The molecule has 2 rings (SSSR count). The molecule has 0 saturated carbocycles. The van der Waals surface area contributed by atoms with Gasteiger partial charge < -0.3 is 15.0 Å². The van der Waals surface area contributed by atoms with Gasteiger partial charge >= 0.3 is 6.18 Å². The number of unbranched alkanes of at least 4 members (excludes halogenated alkanes) is 1. The molecule has 0 bridgehead atoms. The zero-order valence-corrected chi connectivity index (χ0v) is 15.0. The number of ether oxygens (including phenoxy) is 1. The number of nitrogens with zero attached hydrogens (tertiary/aromatic N) is 2. The summed E-state index contributed by atoms with van der Waals surface area (Å²) >= 11 is 0. The van der Waals surface area contributed by atoms with Crippen LogP contribution in [0.1, 0.15) is 43.0 Å². The molecule has 0 aromatic carbocycles. The summed E-state index contributed by atoms with van der Waals surface area (Å²) < 4.78 is 41.5. The van der Waals surface area contributed by atoms with Crippen molar-refractivity contribution in [3.05, 3.63) is 23.9 Å². The number of hydrogen-bond acceptors (Lipinski definition) is 4. The predicted octanol–water partition coefficient (Wildman–Crippen LogP) is 3.26. The van der Waals surface area contributed by atoms with Gasteiger partial charge in [0.1, 0.15) is 5.56 Å². The largest absolute Gasteiger partial charge is 0.467 e. The summed E-state index contributed by atoms with van der Waals surface area (Å²) in [7, 11) is 0. The number of halogens is 3. The Morgan fingerprint density at radius 3 is 2.96 bits per heavy atom. The third-order valence-electron chi connectivity index (χ3n) is 4.32. The van der Waals surface area contributed by atoms with Crippen molar-refractivity contribution >= 4 is 5.91 Å². The molecule has 1 fully saturated rings. The summed E-state index contributed by atoms with van der Waals surface area (Å²) in [6.07, 6.45) is 1.13. The number of nitrogens with one attached hydrogen (secondary N) is 1. The van der Waals surface area contributed by atoms with Crippen molar-refractivity contribution in [2.75, 3.05) is 32.8 Å². The summed E-state index contributed by atoms with van der Waals surface area (Å²) in [5.41, 5.74) is 0.0154. The quantitative estimate of drug-likeness (QED) is 0.711. The molecular weight excluding hydrogens is 347 g/mol. The molecule has 8 heteroatoms. The fraction of sp³-hybridized carbons (Fsp3) is 0.667. The predicted molar refractivity (Wildman–Crippen MR) is 92.2 cm³/mol. The molecule has 2 heterocycles. The lowest BCUT2D eigenvalue weighted by molar-refractivity contribution is -0.154. The van der Waals surface area contributed by atoms with Crippen LogP contribution >= 0.6 is 0 Å². The number of piperidine rings is 1. The summed E-state index contributed by atoms with van der Waals surface area (Å²) in [6, 6.07) is 2.90. The highest BCUT2D eigenvalue weighted by molar-refractivity contribution is 5.96. The minimum absolute atomic E-state index is 0.0154.